The van der Waals surface area contributed by atoms with Crippen molar-refractivity contribution >= 4 is 10.1 Å². The zero-order chi connectivity index (χ0) is 13.8. The van der Waals surface area contributed by atoms with Gasteiger partial charge in [0.15, 0.2) is 0 Å². The maximum absolute atomic E-state index is 11.8. The third kappa shape index (κ3) is 2.84. The fourth-order valence-electron chi connectivity index (χ4n) is 1.43. The minimum Gasteiger partial charge on any atom is -0.481 e. The summed E-state index contributed by atoms with van der Waals surface area (Å²) in [5.41, 5.74) is 0.623. The van der Waals surface area contributed by atoms with E-state index in [0.29, 0.717) is 11.3 Å². The molecule has 0 aromatic heterocycles. The molecule has 4 nitrogen and oxygen atoms in total. The number of hydrogen-bond donors (Lipinski definition) is 0. The number of terminal acetylenes is 1. The first-order valence-corrected chi connectivity index (χ1v) is 6.73. The molecule has 5 heteroatoms. The van der Waals surface area contributed by atoms with Crippen molar-refractivity contribution in [2.45, 2.75) is 18.6 Å². The molecule has 0 aliphatic heterocycles. The van der Waals surface area contributed by atoms with Crippen molar-refractivity contribution in [3.63, 3.8) is 0 Å². The zero-order valence-corrected chi connectivity index (χ0v) is 11.5. The molecule has 0 saturated heterocycles. The van der Waals surface area contributed by atoms with Gasteiger partial charge in [-0.05, 0) is 31.5 Å². The Morgan fingerprint density at radius 1 is 1.28 bits per heavy atom. The van der Waals surface area contributed by atoms with Gasteiger partial charge in [0.1, 0.15) is 17.1 Å². The van der Waals surface area contributed by atoms with Crippen molar-refractivity contribution in [2.75, 3.05) is 13.7 Å². The number of benzene rings is 1. The minimum absolute atomic E-state index is 0.180. The van der Waals surface area contributed by atoms with Gasteiger partial charge in [0.2, 0.25) is 0 Å². The molecule has 0 spiro atoms. The first-order valence-electron chi connectivity index (χ1n) is 5.32. The topological polar surface area (TPSA) is 52.6 Å². The molecule has 0 amide bonds. The van der Waals surface area contributed by atoms with Crippen LogP contribution in [0.15, 0.2) is 24.3 Å². The van der Waals surface area contributed by atoms with E-state index in [1.54, 1.807) is 38.1 Å². The van der Waals surface area contributed by atoms with Gasteiger partial charge >= 0.3 is 0 Å². The first kappa shape index (κ1) is 14.6. The van der Waals surface area contributed by atoms with Crippen molar-refractivity contribution in [3.8, 4) is 18.1 Å². The van der Waals surface area contributed by atoms with Gasteiger partial charge < -0.3 is 4.74 Å². The molecule has 0 saturated carbocycles. The van der Waals surface area contributed by atoms with Crippen molar-refractivity contribution in [2.24, 2.45) is 0 Å². The van der Waals surface area contributed by atoms with Crippen LogP contribution in [0, 0.1) is 12.3 Å². The average molecular weight is 268 g/mol. The van der Waals surface area contributed by atoms with Gasteiger partial charge in [-0.15, -0.1) is 6.42 Å². The molecule has 1 aromatic carbocycles. The van der Waals surface area contributed by atoms with E-state index in [1.807, 2.05) is 0 Å². The second kappa shape index (κ2) is 5.42. The molecule has 98 valence electrons. The van der Waals surface area contributed by atoms with Crippen molar-refractivity contribution < 1.29 is 17.3 Å². The molecular formula is C13H16O4S. The number of ether oxygens (including phenoxy) is 1. The van der Waals surface area contributed by atoms with Crippen LogP contribution in [0.4, 0.5) is 0 Å². The third-order valence-electron chi connectivity index (χ3n) is 2.72. The Balaban J connectivity index is 3.02. The van der Waals surface area contributed by atoms with E-state index in [1.165, 1.54) is 0 Å². The summed E-state index contributed by atoms with van der Waals surface area (Å²) in [7, 11) is -2.50. The molecule has 0 atom stereocenters. The van der Waals surface area contributed by atoms with E-state index in [4.69, 9.17) is 11.2 Å². The van der Waals surface area contributed by atoms with E-state index < -0.39 is 14.9 Å². The average Bonchev–Trinajstić information content (AvgIpc) is 2.36. The lowest BCUT2D eigenvalue weighted by molar-refractivity contribution is 0.367. The third-order valence-corrected chi connectivity index (χ3v) is 4.64. The van der Waals surface area contributed by atoms with E-state index in [2.05, 4.69) is 10.1 Å². The molecule has 0 fully saturated rings. The summed E-state index contributed by atoms with van der Waals surface area (Å²) in [6.07, 6.45) is 5.08. The van der Waals surface area contributed by atoms with Crippen LogP contribution < -0.4 is 4.74 Å². The standard InChI is InChI=1S/C13H16O4S/c1-5-10-17-12-8-6-11(7-9-12)13(2,3)18(14,15)16-4/h1,6-9H,10H2,2-4H3. The summed E-state index contributed by atoms with van der Waals surface area (Å²) in [5, 5.41) is 0. The summed E-state index contributed by atoms with van der Waals surface area (Å²) in [5.74, 6) is 2.96. The fraction of sp³-hybridized carbons (Fsp3) is 0.385. The Hall–Kier alpha value is -1.51. The van der Waals surface area contributed by atoms with Gasteiger partial charge in [-0.2, -0.15) is 8.42 Å². The number of rotatable bonds is 5. The smallest absolute Gasteiger partial charge is 0.276 e. The van der Waals surface area contributed by atoms with Gasteiger partial charge in [-0.1, -0.05) is 18.1 Å². The van der Waals surface area contributed by atoms with E-state index in [-0.39, 0.29) is 6.61 Å². The van der Waals surface area contributed by atoms with E-state index >= 15 is 0 Å². The van der Waals surface area contributed by atoms with Gasteiger partial charge in [0.05, 0.1) is 7.11 Å². The Morgan fingerprint density at radius 3 is 2.28 bits per heavy atom. The highest BCUT2D eigenvalue weighted by molar-refractivity contribution is 7.87. The summed E-state index contributed by atoms with van der Waals surface area (Å²) in [6, 6.07) is 6.73. The highest BCUT2D eigenvalue weighted by Crippen LogP contribution is 2.31. The molecule has 0 unspecified atom stereocenters. The Labute approximate surface area is 108 Å². The summed E-state index contributed by atoms with van der Waals surface area (Å²) in [4.78, 5) is 0. The van der Waals surface area contributed by atoms with Crippen LogP contribution in [0.1, 0.15) is 19.4 Å². The molecule has 0 N–H and O–H groups in total. The quantitative estimate of drug-likeness (QED) is 0.604. The lowest BCUT2D eigenvalue weighted by atomic mass is 10.0. The normalized spacial score (nSPS) is 11.9. The van der Waals surface area contributed by atoms with Crippen LogP contribution in [0.3, 0.4) is 0 Å². The molecule has 0 heterocycles. The lowest BCUT2D eigenvalue weighted by Crippen LogP contribution is -2.30. The molecule has 0 radical (unpaired) electrons. The highest BCUT2D eigenvalue weighted by Gasteiger charge is 2.36. The molecule has 0 bridgehead atoms. The predicted octanol–water partition coefficient (Wildman–Crippen LogP) is 1.91. The minimum atomic E-state index is -3.65. The van der Waals surface area contributed by atoms with Gasteiger partial charge in [-0.3, -0.25) is 4.18 Å². The molecular weight excluding hydrogens is 252 g/mol. The molecule has 1 aromatic rings. The first-order chi connectivity index (χ1) is 8.35. The van der Waals surface area contributed by atoms with Crippen LogP contribution in [-0.4, -0.2) is 22.1 Å². The van der Waals surface area contributed by atoms with Crippen LogP contribution >= 0.6 is 0 Å². The SMILES string of the molecule is C#CCOc1ccc(C(C)(C)S(=O)(=O)OC)cc1. The van der Waals surface area contributed by atoms with E-state index in [9.17, 15) is 8.42 Å². The van der Waals surface area contributed by atoms with Crippen LogP contribution in [-0.2, 0) is 19.0 Å². The van der Waals surface area contributed by atoms with Gasteiger partial charge in [0, 0.05) is 0 Å². The molecule has 0 aliphatic carbocycles. The number of hydrogen-bond acceptors (Lipinski definition) is 4. The van der Waals surface area contributed by atoms with Crippen molar-refractivity contribution in [1.82, 2.24) is 0 Å². The summed E-state index contributed by atoms with van der Waals surface area (Å²) >= 11 is 0. The molecule has 0 aliphatic rings. The Kier molecular flexibility index (Phi) is 4.38. The Morgan fingerprint density at radius 2 is 1.83 bits per heavy atom. The van der Waals surface area contributed by atoms with E-state index in [0.717, 1.165) is 7.11 Å². The van der Waals surface area contributed by atoms with Crippen LogP contribution in [0.25, 0.3) is 0 Å². The monoisotopic (exact) mass is 268 g/mol. The Bertz CT molecular complexity index is 535. The van der Waals surface area contributed by atoms with Gasteiger partial charge in [0.25, 0.3) is 10.1 Å². The van der Waals surface area contributed by atoms with Crippen LogP contribution in [0.5, 0.6) is 5.75 Å². The maximum Gasteiger partial charge on any atom is 0.276 e. The maximum atomic E-state index is 11.8. The van der Waals surface area contributed by atoms with Crippen molar-refractivity contribution in [1.29, 1.82) is 0 Å². The van der Waals surface area contributed by atoms with Crippen molar-refractivity contribution in [3.05, 3.63) is 29.8 Å². The predicted molar refractivity (Wildman–Crippen MR) is 69.7 cm³/mol. The second-order valence-electron chi connectivity index (χ2n) is 4.15. The molecule has 1 rings (SSSR count). The zero-order valence-electron chi connectivity index (χ0n) is 10.6. The largest absolute Gasteiger partial charge is 0.481 e. The second-order valence-corrected chi connectivity index (χ2v) is 6.41. The fourth-order valence-corrected chi connectivity index (χ4v) is 2.27. The summed E-state index contributed by atoms with van der Waals surface area (Å²) in [6.45, 7) is 3.35. The van der Waals surface area contributed by atoms with Crippen LogP contribution in [0.2, 0.25) is 0 Å². The van der Waals surface area contributed by atoms with Gasteiger partial charge in [-0.25, -0.2) is 0 Å². The highest BCUT2D eigenvalue weighted by atomic mass is 32.2. The lowest BCUT2D eigenvalue weighted by Gasteiger charge is -2.23. The molecule has 18 heavy (non-hydrogen) atoms. The summed E-state index contributed by atoms with van der Waals surface area (Å²) < 4.78 is 32.3.